The number of benzene rings is 2. The molecule has 1 heterocycles. The molecule has 0 spiro atoms. The first kappa shape index (κ1) is 14.6. The minimum absolute atomic E-state index is 0.195. The molecule has 1 aliphatic heterocycles. The van der Waals surface area contributed by atoms with Crippen molar-refractivity contribution in [2.75, 3.05) is 13.1 Å². The quantitative estimate of drug-likeness (QED) is 0.853. The van der Waals surface area contributed by atoms with Crippen LogP contribution in [0.3, 0.4) is 0 Å². The Kier molecular flexibility index (Phi) is 4.63. The second-order valence-corrected chi connectivity index (χ2v) is 6.44. The van der Waals surface area contributed by atoms with Crippen LogP contribution in [0.25, 0.3) is 5.57 Å². The van der Waals surface area contributed by atoms with Crippen LogP contribution >= 0.6 is 23.4 Å². The topological polar surface area (TPSA) is 12.0 Å². The number of nitrogens with one attached hydrogen (secondary N) is 1. The third kappa shape index (κ3) is 3.67. The van der Waals surface area contributed by atoms with Crippen LogP contribution in [0.4, 0.5) is 4.39 Å². The molecule has 108 valence electrons. The molecule has 2 aromatic carbocycles. The molecule has 3 rings (SSSR count). The third-order valence-corrected chi connectivity index (χ3v) is 4.68. The first-order valence-electron chi connectivity index (χ1n) is 6.85. The zero-order chi connectivity index (χ0) is 14.7. The molecule has 0 saturated heterocycles. The Hall–Kier alpha value is -1.29. The predicted molar refractivity (Wildman–Crippen MR) is 87.4 cm³/mol. The fourth-order valence-electron chi connectivity index (χ4n) is 2.37. The van der Waals surface area contributed by atoms with Crippen molar-refractivity contribution in [2.45, 2.75) is 16.2 Å². The van der Waals surface area contributed by atoms with Crippen molar-refractivity contribution >= 4 is 28.9 Å². The van der Waals surface area contributed by atoms with Gasteiger partial charge in [0.15, 0.2) is 0 Å². The van der Waals surface area contributed by atoms with Gasteiger partial charge in [0.25, 0.3) is 0 Å². The van der Waals surface area contributed by atoms with Gasteiger partial charge in [-0.1, -0.05) is 35.5 Å². The normalized spacial score (nSPS) is 14.9. The lowest BCUT2D eigenvalue weighted by Crippen LogP contribution is -2.20. The van der Waals surface area contributed by atoms with Crippen molar-refractivity contribution < 1.29 is 4.39 Å². The van der Waals surface area contributed by atoms with E-state index in [1.54, 1.807) is 17.8 Å². The Balaban J connectivity index is 1.96. The van der Waals surface area contributed by atoms with Crippen molar-refractivity contribution in [3.05, 3.63) is 64.9 Å². The molecule has 21 heavy (non-hydrogen) atoms. The van der Waals surface area contributed by atoms with E-state index >= 15 is 0 Å². The van der Waals surface area contributed by atoms with E-state index < -0.39 is 0 Å². The van der Waals surface area contributed by atoms with E-state index in [2.05, 4.69) is 11.4 Å². The summed E-state index contributed by atoms with van der Waals surface area (Å²) in [4.78, 5) is 2.12. The minimum atomic E-state index is -0.195. The first-order valence-corrected chi connectivity index (χ1v) is 8.05. The largest absolute Gasteiger partial charge is 0.313 e. The number of hydrogen-bond donors (Lipinski definition) is 1. The lowest BCUT2D eigenvalue weighted by atomic mass is 10.0. The maximum Gasteiger partial charge on any atom is 0.123 e. The smallest absolute Gasteiger partial charge is 0.123 e. The molecule has 2 aromatic rings. The highest BCUT2D eigenvalue weighted by atomic mass is 35.5. The molecule has 0 aromatic heterocycles. The van der Waals surface area contributed by atoms with E-state index in [1.807, 2.05) is 30.3 Å². The van der Waals surface area contributed by atoms with Gasteiger partial charge in [0.1, 0.15) is 5.82 Å². The van der Waals surface area contributed by atoms with Crippen LogP contribution in [0.2, 0.25) is 5.02 Å². The first-order chi connectivity index (χ1) is 10.2. The predicted octanol–water partition coefficient (Wildman–Crippen LogP) is 5.01. The molecular formula is C17H15ClFNS. The van der Waals surface area contributed by atoms with E-state index in [0.717, 1.165) is 34.9 Å². The van der Waals surface area contributed by atoms with Gasteiger partial charge in [0, 0.05) is 21.4 Å². The summed E-state index contributed by atoms with van der Waals surface area (Å²) in [6.45, 7) is 1.77. The fraction of sp³-hybridized carbons (Fsp3) is 0.176. The van der Waals surface area contributed by atoms with Crippen molar-refractivity contribution in [2.24, 2.45) is 0 Å². The summed E-state index contributed by atoms with van der Waals surface area (Å²) in [7, 11) is 0. The molecule has 0 radical (unpaired) electrons. The van der Waals surface area contributed by atoms with E-state index in [0.29, 0.717) is 5.02 Å². The average Bonchev–Trinajstić information content (AvgIpc) is 2.50. The highest BCUT2D eigenvalue weighted by molar-refractivity contribution is 7.99. The molecule has 0 unspecified atom stereocenters. The van der Waals surface area contributed by atoms with Crippen molar-refractivity contribution in [3.8, 4) is 0 Å². The summed E-state index contributed by atoms with van der Waals surface area (Å²) in [5.41, 5.74) is 2.19. The van der Waals surface area contributed by atoms with Gasteiger partial charge in [0.2, 0.25) is 0 Å². The molecule has 0 bridgehead atoms. The summed E-state index contributed by atoms with van der Waals surface area (Å²) < 4.78 is 13.6. The molecule has 0 atom stereocenters. The summed E-state index contributed by atoms with van der Waals surface area (Å²) in [5.74, 6) is -0.195. The lowest BCUT2D eigenvalue weighted by molar-refractivity contribution is 0.625. The van der Waals surface area contributed by atoms with E-state index in [9.17, 15) is 4.39 Å². The van der Waals surface area contributed by atoms with Crippen LogP contribution in [-0.4, -0.2) is 13.1 Å². The number of hydrogen-bond acceptors (Lipinski definition) is 2. The third-order valence-electron chi connectivity index (χ3n) is 3.38. The SMILES string of the molecule is Fc1ccc(Sc2cccc(Cl)c2)c(C2=CCNCC2)c1. The summed E-state index contributed by atoms with van der Waals surface area (Å²) in [6.07, 6.45) is 3.06. The zero-order valence-electron chi connectivity index (χ0n) is 11.4. The van der Waals surface area contributed by atoms with Gasteiger partial charge in [-0.15, -0.1) is 0 Å². The van der Waals surface area contributed by atoms with Crippen molar-refractivity contribution in [1.29, 1.82) is 0 Å². The Bertz CT molecular complexity index is 684. The van der Waals surface area contributed by atoms with E-state index in [4.69, 9.17) is 11.6 Å². The molecular weight excluding hydrogens is 305 g/mol. The fourth-order valence-corrected chi connectivity index (χ4v) is 3.64. The van der Waals surface area contributed by atoms with Gasteiger partial charge in [-0.05, 0) is 60.5 Å². The maximum atomic E-state index is 13.6. The van der Waals surface area contributed by atoms with Crippen LogP contribution in [0, 0.1) is 5.82 Å². The van der Waals surface area contributed by atoms with Crippen LogP contribution in [0.15, 0.2) is 58.3 Å². The van der Waals surface area contributed by atoms with E-state index in [1.165, 1.54) is 11.6 Å². The Morgan fingerprint density at radius 1 is 1.14 bits per heavy atom. The van der Waals surface area contributed by atoms with Crippen LogP contribution in [0.5, 0.6) is 0 Å². The highest BCUT2D eigenvalue weighted by Gasteiger charge is 2.12. The Morgan fingerprint density at radius 3 is 2.81 bits per heavy atom. The molecule has 1 nitrogen and oxygen atoms in total. The summed E-state index contributed by atoms with van der Waals surface area (Å²) in [5, 5.41) is 3.99. The van der Waals surface area contributed by atoms with Gasteiger partial charge in [0.05, 0.1) is 0 Å². The van der Waals surface area contributed by atoms with Gasteiger partial charge in [-0.2, -0.15) is 0 Å². The number of rotatable bonds is 3. The second-order valence-electron chi connectivity index (χ2n) is 4.88. The lowest BCUT2D eigenvalue weighted by Gasteiger charge is -2.17. The van der Waals surface area contributed by atoms with Gasteiger partial charge >= 0.3 is 0 Å². The standard InChI is InChI=1S/C17H15ClFNS/c18-13-2-1-3-15(10-13)21-17-5-4-14(19)11-16(17)12-6-8-20-9-7-12/h1-6,10-11,20H,7-9H2. The zero-order valence-corrected chi connectivity index (χ0v) is 13.0. The monoisotopic (exact) mass is 319 g/mol. The average molecular weight is 320 g/mol. The molecule has 0 amide bonds. The van der Waals surface area contributed by atoms with Crippen LogP contribution in [-0.2, 0) is 0 Å². The van der Waals surface area contributed by atoms with Gasteiger partial charge < -0.3 is 5.32 Å². The van der Waals surface area contributed by atoms with Gasteiger partial charge in [-0.25, -0.2) is 4.39 Å². The number of halogens is 2. The van der Waals surface area contributed by atoms with Crippen LogP contribution in [0.1, 0.15) is 12.0 Å². The van der Waals surface area contributed by atoms with E-state index in [-0.39, 0.29) is 5.82 Å². The van der Waals surface area contributed by atoms with Crippen molar-refractivity contribution in [3.63, 3.8) is 0 Å². The highest BCUT2D eigenvalue weighted by Crippen LogP contribution is 2.36. The maximum absolute atomic E-state index is 13.6. The molecule has 1 N–H and O–H groups in total. The Labute approximate surface area is 133 Å². The second kappa shape index (κ2) is 6.65. The molecule has 0 fully saturated rings. The summed E-state index contributed by atoms with van der Waals surface area (Å²) >= 11 is 7.65. The van der Waals surface area contributed by atoms with Crippen LogP contribution < -0.4 is 5.32 Å². The minimum Gasteiger partial charge on any atom is -0.313 e. The molecule has 4 heteroatoms. The summed E-state index contributed by atoms with van der Waals surface area (Å²) in [6, 6.07) is 12.7. The Morgan fingerprint density at radius 2 is 2.05 bits per heavy atom. The molecule has 1 aliphatic rings. The molecule has 0 aliphatic carbocycles. The van der Waals surface area contributed by atoms with Gasteiger partial charge in [-0.3, -0.25) is 0 Å². The molecule has 0 saturated carbocycles. The van der Waals surface area contributed by atoms with Crippen molar-refractivity contribution in [1.82, 2.24) is 5.32 Å².